The van der Waals surface area contributed by atoms with E-state index in [9.17, 15) is 106 Å². The number of halogens is 23. The van der Waals surface area contributed by atoms with E-state index in [2.05, 4.69) is 4.74 Å². The Kier molecular flexibility index (Phi) is 10.1. The lowest BCUT2D eigenvalue weighted by atomic mass is 10.2. The summed E-state index contributed by atoms with van der Waals surface area (Å²) < 4.78 is 309. The lowest BCUT2D eigenvalue weighted by Gasteiger charge is -2.43. The van der Waals surface area contributed by atoms with E-state index in [4.69, 9.17) is 0 Å². The topological polar surface area (TPSA) is 54.0 Å². The first-order valence-corrected chi connectivity index (χ1v) is 8.98. The third-order valence-corrected chi connectivity index (χ3v) is 3.93. The molecule has 0 radical (unpaired) electrons. The molecule has 42 heavy (non-hydrogen) atoms. The van der Waals surface area contributed by atoms with Gasteiger partial charge in [-0.05, 0) is 6.92 Å². The first-order valence-electron chi connectivity index (χ1n) is 8.98. The van der Waals surface area contributed by atoms with Crippen LogP contribution in [0.4, 0.5) is 101 Å². The van der Waals surface area contributed by atoms with Crippen molar-refractivity contribution in [1.29, 1.82) is 0 Å². The van der Waals surface area contributed by atoms with E-state index < -0.39 is 79.1 Å². The minimum absolute atomic E-state index is 0.413. The second-order valence-electron chi connectivity index (χ2n) is 6.93. The van der Waals surface area contributed by atoms with Gasteiger partial charge in [-0.2, -0.15) is 101 Å². The highest BCUT2D eigenvalue weighted by molar-refractivity contribution is 5.78. The number of carbonyl (C=O) groups is 1. The molecule has 0 spiro atoms. The van der Waals surface area contributed by atoms with E-state index in [1.165, 1.54) is 0 Å². The van der Waals surface area contributed by atoms with Crippen LogP contribution in [0.3, 0.4) is 0 Å². The van der Waals surface area contributed by atoms with Gasteiger partial charge >= 0.3 is 72.5 Å². The number of carbonyl (C=O) groups excluding carboxylic acids is 1. The Morgan fingerprint density at radius 2 is 0.714 bits per heavy atom. The Morgan fingerprint density at radius 1 is 0.429 bits per heavy atom. The average molecular weight is 690 g/mol. The molecule has 28 heteroatoms. The monoisotopic (exact) mass is 690 g/mol. The predicted octanol–water partition coefficient (Wildman–Crippen LogP) is 7.26. The van der Waals surface area contributed by atoms with E-state index in [1.807, 2.05) is 0 Å². The fourth-order valence-electron chi connectivity index (χ4n) is 1.96. The Morgan fingerprint density at radius 3 is 0.976 bits per heavy atom. The molecule has 5 nitrogen and oxygen atoms in total. The summed E-state index contributed by atoms with van der Waals surface area (Å²) in [4.78, 5) is 11.0. The summed E-state index contributed by atoms with van der Waals surface area (Å²) in [5, 5.41) is 0. The van der Waals surface area contributed by atoms with Gasteiger partial charge in [0.15, 0.2) is 0 Å². The van der Waals surface area contributed by atoms with Gasteiger partial charge in [0.05, 0.1) is 6.61 Å². The van der Waals surface area contributed by atoms with Crippen molar-refractivity contribution in [1.82, 2.24) is 0 Å². The first kappa shape index (κ1) is 39.7. The Balaban J connectivity index is 7.42. The normalized spacial score (nSPS) is 19.5. The summed E-state index contributed by atoms with van der Waals surface area (Å²) in [5.41, 5.74) is 0. The second-order valence-corrected chi connectivity index (χ2v) is 6.93. The number of hydrogen-bond donors (Lipinski definition) is 0. The van der Waals surface area contributed by atoms with Gasteiger partial charge in [0.25, 0.3) is 0 Å². The third kappa shape index (κ3) is 6.62. The van der Waals surface area contributed by atoms with E-state index >= 15 is 0 Å². The molecular formula is C14H5F23O5. The van der Waals surface area contributed by atoms with Crippen molar-refractivity contribution in [3.63, 3.8) is 0 Å². The number of rotatable bonds is 10. The minimum atomic E-state index is -8.81. The van der Waals surface area contributed by atoms with Crippen molar-refractivity contribution in [3.8, 4) is 0 Å². The fourth-order valence-corrected chi connectivity index (χ4v) is 1.96. The molecule has 0 bridgehead atoms. The maximum Gasteiger partial charge on any atom is 0.460 e. The fraction of sp³-hybridized carbons (Fsp3) is 0.929. The molecule has 0 aromatic rings. The van der Waals surface area contributed by atoms with Crippen molar-refractivity contribution in [3.05, 3.63) is 0 Å². The largest absolute Gasteiger partial charge is 0.462 e. The molecule has 0 aliphatic carbocycles. The smallest absolute Gasteiger partial charge is 0.460 e. The molecule has 252 valence electrons. The van der Waals surface area contributed by atoms with Gasteiger partial charge in [-0.1, -0.05) is 0 Å². The molecule has 0 saturated heterocycles. The van der Waals surface area contributed by atoms with Crippen LogP contribution in [0.5, 0.6) is 0 Å². The van der Waals surface area contributed by atoms with Gasteiger partial charge in [0, 0.05) is 0 Å². The van der Waals surface area contributed by atoms with Crippen LogP contribution in [0.15, 0.2) is 0 Å². The Hall–Kier alpha value is -2.26. The SMILES string of the molecule is CCOC(=O)[C@@](F)(OC(F)(F)[C@](F)(OC(F)(F)[C@@](F)(OC(F)(C(F)(F)F)C(F)(F)F)C(F)(F)F)C(F)(F)F)C(F)(F)F. The molecule has 0 amide bonds. The summed E-state index contributed by atoms with van der Waals surface area (Å²) in [6.45, 7) is -1.11. The molecule has 0 rings (SSSR count). The minimum Gasteiger partial charge on any atom is -0.462 e. The molecule has 0 aromatic heterocycles. The van der Waals surface area contributed by atoms with E-state index in [0.717, 1.165) is 9.47 Å². The van der Waals surface area contributed by atoms with Crippen LogP contribution in [0, 0.1) is 0 Å². The Labute approximate surface area is 212 Å². The molecular weight excluding hydrogens is 685 g/mol. The van der Waals surface area contributed by atoms with Crippen molar-refractivity contribution >= 4 is 5.97 Å². The molecule has 0 aliphatic rings. The highest BCUT2D eigenvalue weighted by atomic mass is 19.4. The number of alkyl halides is 23. The highest BCUT2D eigenvalue weighted by Gasteiger charge is 2.89. The number of hydrogen-bond acceptors (Lipinski definition) is 5. The van der Waals surface area contributed by atoms with Gasteiger partial charge in [0.1, 0.15) is 0 Å². The summed E-state index contributed by atoms with van der Waals surface area (Å²) in [6, 6.07) is 0. The predicted molar refractivity (Wildman–Crippen MR) is 75.4 cm³/mol. The number of esters is 1. The average Bonchev–Trinajstić information content (AvgIpc) is 2.68. The molecule has 3 atom stereocenters. The van der Waals surface area contributed by atoms with Gasteiger partial charge in [-0.15, -0.1) is 0 Å². The number of ether oxygens (including phenoxy) is 4. The Bertz CT molecular complexity index is 947. The van der Waals surface area contributed by atoms with Crippen LogP contribution in [-0.4, -0.2) is 79.1 Å². The van der Waals surface area contributed by atoms with Crippen LogP contribution in [0.25, 0.3) is 0 Å². The van der Waals surface area contributed by atoms with Crippen molar-refractivity contribution < 1.29 is 125 Å². The van der Waals surface area contributed by atoms with Crippen molar-refractivity contribution in [2.75, 3.05) is 6.61 Å². The van der Waals surface area contributed by atoms with Crippen molar-refractivity contribution in [2.24, 2.45) is 0 Å². The van der Waals surface area contributed by atoms with Gasteiger partial charge in [-0.25, -0.2) is 4.79 Å². The zero-order valence-corrected chi connectivity index (χ0v) is 18.4. The first-order chi connectivity index (χ1) is 17.9. The molecule has 0 unspecified atom stereocenters. The molecule has 0 fully saturated rings. The lowest BCUT2D eigenvalue weighted by Crippen LogP contribution is -2.71. The second kappa shape index (κ2) is 10.7. The zero-order valence-electron chi connectivity index (χ0n) is 18.4. The quantitative estimate of drug-likeness (QED) is 0.179. The van der Waals surface area contributed by atoms with Crippen LogP contribution in [0.2, 0.25) is 0 Å². The summed E-state index contributed by atoms with van der Waals surface area (Å²) in [6.07, 6.45) is -57.8. The van der Waals surface area contributed by atoms with E-state index in [1.54, 1.807) is 4.74 Å². The van der Waals surface area contributed by atoms with Crippen LogP contribution >= 0.6 is 0 Å². The van der Waals surface area contributed by atoms with Crippen LogP contribution in [-0.2, 0) is 23.7 Å². The molecule has 0 aromatic carbocycles. The van der Waals surface area contributed by atoms with Crippen LogP contribution in [0.1, 0.15) is 6.92 Å². The summed E-state index contributed by atoms with van der Waals surface area (Å²) in [5.74, 6) is -36.8. The molecule has 0 N–H and O–H groups in total. The summed E-state index contributed by atoms with van der Waals surface area (Å²) in [7, 11) is 0. The van der Waals surface area contributed by atoms with Gasteiger partial charge in [0.2, 0.25) is 0 Å². The zero-order chi connectivity index (χ0) is 34.6. The molecule has 0 heterocycles. The maximum absolute atomic E-state index is 14.2. The van der Waals surface area contributed by atoms with Crippen molar-refractivity contribution in [2.45, 2.75) is 73.4 Å². The van der Waals surface area contributed by atoms with Gasteiger partial charge in [-0.3, -0.25) is 14.2 Å². The third-order valence-electron chi connectivity index (χ3n) is 3.93. The van der Waals surface area contributed by atoms with Crippen LogP contribution < -0.4 is 0 Å². The van der Waals surface area contributed by atoms with E-state index in [-0.39, 0.29) is 0 Å². The van der Waals surface area contributed by atoms with Gasteiger partial charge < -0.3 is 4.74 Å². The maximum atomic E-state index is 14.2. The lowest BCUT2D eigenvalue weighted by molar-refractivity contribution is -0.579. The standard InChI is InChI=1S/C14H5F23O5/c1-2-39-3(38)4(15,8(19,20)21)40-13(34,35)7(18,12(31,32)33)42-14(36,37)6(17,11(28,29)30)41-5(16,9(22,23)24)10(25,26)27/h2H2,1H3/t4-,6+,7-/m1/s1. The highest BCUT2D eigenvalue weighted by Crippen LogP contribution is 2.59. The van der Waals surface area contributed by atoms with E-state index in [0.29, 0.717) is 6.92 Å². The molecule has 0 aliphatic heterocycles. The molecule has 0 saturated carbocycles. The summed E-state index contributed by atoms with van der Waals surface area (Å²) >= 11 is 0.